The monoisotopic (exact) mass is 450 g/mol. The average Bonchev–Trinajstić information content (AvgIpc) is 3.55. The number of carbonyl (C=O) groups is 1. The first-order valence-electron chi connectivity index (χ1n) is 10.7. The van der Waals surface area contributed by atoms with Gasteiger partial charge in [0.1, 0.15) is 5.82 Å². The number of hydrogen-bond acceptors (Lipinski definition) is 5. The van der Waals surface area contributed by atoms with Gasteiger partial charge in [0.05, 0.1) is 17.9 Å². The molecule has 8 heteroatoms. The van der Waals surface area contributed by atoms with Gasteiger partial charge in [-0.05, 0) is 50.1 Å². The van der Waals surface area contributed by atoms with Gasteiger partial charge in [-0.25, -0.2) is 4.39 Å². The molecule has 2 atom stereocenters. The first-order chi connectivity index (χ1) is 15.6. The molecular formula is C24H23FN4O2S. The Morgan fingerprint density at radius 1 is 1.25 bits per heavy atom. The molecule has 0 amide bonds. The van der Waals surface area contributed by atoms with Gasteiger partial charge >= 0.3 is 0 Å². The summed E-state index contributed by atoms with van der Waals surface area (Å²) in [4.78, 5) is 16.4. The summed E-state index contributed by atoms with van der Waals surface area (Å²) in [6.45, 7) is 3.23. The lowest BCUT2D eigenvalue weighted by atomic mass is 10.1. The number of ether oxygens (including phenoxy) is 1. The minimum Gasteiger partial charge on any atom is -0.376 e. The molecule has 1 aliphatic heterocycles. The summed E-state index contributed by atoms with van der Waals surface area (Å²) in [5.41, 5.74) is 2.39. The highest BCUT2D eigenvalue weighted by Gasteiger charge is 2.26. The van der Waals surface area contributed by atoms with Crippen molar-refractivity contribution in [1.29, 1.82) is 0 Å². The molecule has 32 heavy (non-hydrogen) atoms. The first-order valence-corrected chi connectivity index (χ1v) is 11.6. The number of fused-ring (bicyclic) bond motifs is 1. The predicted octanol–water partition coefficient (Wildman–Crippen LogP) is 5.11. The standard InChI is InChI=1S/C24H23FN4O2S/c1-15(22(30)20-13-26-21-7-3-2-6-19(20)21)32-24-28-27-23(16-8-10-17(25)11-9-16)29(24)14-18-5-4-12-31-18/h2-3,6-11,13,15,18,26H,4-5,12,14H2,1H3/t15-,18+/m0/s1. The van der Waals surface area contributed by atoms with E-state index >= 15 is 0 Å². The van der Waals surface area contributed by atoms with Crippen molar-refractivity contribution in [2.75, 3.05) is 6.61 Å². The normalized spacial score (nSPS) is 17.1. The maximum Gasteiger partial charge on any atom is 0.192 e. The van der Waals surface area contributed by atoms with Crippen LogP contribution in [0.4, 0.5) is 4.39 Å². The molecule has 3 heterocycles. The number of rotatable bonds is 7. The molecule has 0 aliphatic carbocycles. The van der Waals surface area contributed by atoms with Crippen molar-refractivity contribution in [3.8, 4) is 11.4 Å². The number of aromatic nitrogens is 4. The molecule has 4 aromatic rings. The Labute approximate surface area is 189 Å². The van der Waals surface area contributed by atoms with Crippen LogP contribution in [0.1, 0.15) is 30.1 Å². The number of para-hydroxylation sites is 1. The van der Waals surface area contributed by atoms with Gasteiger partial charge in [0.25, 0.3) is 0 Å². The lowest BCUT2D eigenvalue weighted by Gasteiger charge is -2.16. The van der Waals surface area contributed by atoms with Gasteiger partial charge in [-0.1, -0.05) is 30.0 Å². The molecule has 2 aromatic carbocycles. The number of thioether (sulfide) groups is 1. The summed E-state index contributed by atoms with van der Waals surface area (Å²) < 4.78 is 21.3. The summed E-state index contributed by atoms with van der Waals surface area (Å²) >= 11 is 1.38. The Kier molecular flexibility index (Phi) is 5.80. The topological polar surface area (TPSA) is 72.8 Å². The molecule has 5 rings (SSSR count). The van der Waals surface area contributed by atoms with Crippen molar-refractivity contribution in [3.63, 3.8) is 0 Å². The first kappa shape index (κ1) is 20.9. The lowest BCUT2D eigenvalue weighted by Crippen LogP contribution is -2.19. The number of nitrogens with zero attached hydrogens (tertiary/aromatic N) is 3. The third kappa shape index (κ3) is 4.08. The van der Waals surface area contributed by atoms with E-state index in [2.05, 4.69) is 15.2 Å². The van der Waals surface area contributed by atoms with Crippen LogP contribution in [0.25, 0.3) is 22.3 Å². The van der Waals surface area contributed by atoms with E-state index in [-0.39, 0.29) is 23.0 Å². The summed E-state index contributed by atoms with van der Waals surface area (Å²) in [7, 11) is 0. The fraction of sp³-hybridized carbons (Fsp3) is 0.292. The molecular weight excluding hydrogens is 427 g/mol. The molecule has 0 bridgehead atoms. The van der Waals surface area contributed by atoms with Crippen LogP contribution in [-0.4, -0.2) is 43.5 Å². The van der Waals surface area contributed by atoms with E-state index in [1.165, 1.54) is 23.9 Å². The average molecular weight is 451 g/mol. The van der Waals surface area contributed by atoms with E-state index in [9.17, 15) is 9.18 Å². The third-order valence-electron chi connectivity index (χ3n) is 5.74. The van der Waals surface area contributed by atoms with Crippen molar-refractivity contribution >= 4 is 28.4 Å². The van der Waals surface area contributed by atoms with E-state index in [1.807, 2.05) is 35.8 Å². The molecule has 1 aliphatic rings. The van der Waals surface area contributed by atoms with Crippen molar-refractivity contribution in [2.45, 2.75) is 42.8 Å². The van der Waals surface area contributed by atoms with Crippen molar-refractivity contribution in [3.05, 3.63) is 66.1 Å². The Morgan fingerprint density at radius 3 is 2.84 bits per heavy atom. The molecule has 0 radical (unpaired) electrons. The smallest absolute Gasteiger partial charge is 0.192 e. The minimum atomic E-state index is -0.359. The number of aromatic amines is 1. The van der Waals surface area contributed by atoms with Crippen LogP contribution in [-0.2, 0) is 11.3 Å². The van der Waals surface area contributed by atoms with Gasteiger partial charge < -0.3 is 9.72 Å². The van der Waals surface area contributed by atoms with Crippen LogP contribution >= 0.6 is 11.8 Å². The van der Waals surface area contributed by atoms with Crippen LogP contribution < -0.4 is 0 Å². The Hall–Kier alpha value is -2.97. The molecule has 1 fully saturated rings. The van der Waals surface area contributed by atoms with Crippen LogP contribution in [0, 0.1) is 5.82 Å². The maximum absolute atomic E-state index is 13.4. The Balaban J connectivity index is 1.44. The number of hydrogen-bond donors (Lipinski definition) is 1. The summed E-state index contributed by atoms with van der Waals surface area (Å²) in [5.74, 6) is 0.378. The number of H-pyrrole nitrogens is 1. The minimum absolute atomic E-state index is 0.0300. The summed E-state index contributed by atoms with van der Waals surface area (Å²) in [6.07, 6.45) is 3.83. The zero-order valence-electron chi connectivity index (χ0n) is 17.6. The van der Waals surface area contributed by atoms with Gasteiger partial charge in [0, 0.05) is 34.8 Å². The maximum atomic E-state index is 13.4. The molecule has 0 spiro atoms. The van der Waals surface area contributed by atoms with Crippen LogP contribution in [0.2, 0.25) is 0 Å². The van der Waals surface area contributed by atoms with Gasteiger partial charge in [0.2, 0.25) is 0 Å². The number of ketones is 1. The van der Waals surface area contributed by atoms with Crippen molar-refractivity contribution in [2.24, 2.45) is 0 Å². The highest BCUT2D eigenvalue weighted by atomic mass is 32.2. The highest BCUT2D eigenvalue weighted by Crippen LogP contribution is 2.31. The largest absolute Gasteiger partial charge is 0.376 e. The van der Waals surface area contributed by atoms with E-state index < -0.39 is 0 Å². The fourth-order valence-corrected chi connectivity index (χ4v) is 4.98. The fourth-order valence-electron chi connectivity index (χ4n) is 4.05. The molecule has 1 N–H and O–H groups in total. The van der Waals surface area contributed by atoms with Gasteiger partial charge in [-0.3, -0.25) is 9.36 Å². The molecule has 2 aromatic heterocycles. The number of halogens is 1. The van der Waals surface area contributed by atoms with Gasteiger partial charge in [-0.2, -0.15) is 0 Å². The van der Waals surface area contributed by atoms with Crippen LogP contribution in [0.15, 0.2) is 59.9 Å². The molecule has 6 nitrogen and oxygen atoms in total. The van der Waals surface area contributed by atoms with Crippen molar-refractivity contribution < 1.29 is 13.9 Å². The Morgan fingerprint density at radius 2 is 2.06 bits per heavy atom. The van der Waals surface area contributed by atoms with Crippen LogP contribution in [0.3, 0.4) is 0 Å². The second-order valence-electron chi connectivity index (χ2n) is 7.93. The number of carbonyl (C=O) groups excluding carboxylic acids is 1. The Bertz CT molecular complexity index is 1240. The quantitative estimate of drug-likeness (QED) is 0.313. The second-order valence-corrected chi connectivity index (χ2v) is 9.24. The lowest BCUT2D eigenvalue weighted by molar-refractivity contribution is 0.0953. The van der Waals surface area contributed by atoms with E-state index in [1.54, 1.807) is 18.3 Å². The van der Waals surface area contributed by atoms with Crippen LogP contribution in [0.5, 0.6) is 0 Å². The number of nitrogens with one attached hydrogen (secondary N) is 1. The van der Waals surface area contributed by atoms with Crippen molar-refractivity contribution in [1.82, 2.24) is 19.7 Å². The molecule has 0 unspecified atom stereocenters. The van der Waals surface area contributed by atoms with Gasteiger partial charge in [-0.15, -0.1) is 10.2 Å². The second kappa shape index (κ2) is 8.88. The highest BCUT2D eigenvalue weighted by molar-refractivity contribution is 8.00. The zero-order chi connectivity index (χ0) is 22.1. The molecule has 164 valence electrons. The zero-order valence-corrected chi connectivity index (χ0v) is 18.4. The summed E-state index contributed by atoms with van der Waals surface area (Å²) in [6, 6.07) is 14.0. The predicted molar refractivity (Wildman–Crippen MR) is 122 cm³/mol. The van der Waals surface area contributed by atoms with E-state index in [0.29, 0.717) is 23.1 Å². The molecule has 0 saturated carbocycles. The number of Topliss-reactive ketones (excluding diaryl/α,β-unsaturated/α-hetero) is 1. The molecule has 1 saturated heterocycles. The number of benzene rings is 2. The van der Waals surface area contributed by atoms with E-state index in [4.69, 9.17) is 4.74 Å². The van der Waals surface area contributed by atoms with Gasteiger partial charge in [0.15, 0.2) is 16.8 Å². The third-order valence-corrected chi connectivity index (χ3v) is 6.82. The van der Waals surface area contributed by atoms with E-state index in [0.717, 1.165) is 35.9 Å². The SMILES string of the molecule is C[C@H](Sc1nnc(-c2ccc(F)cc2)n1C[C@H]1CCCO1)C(=O)c1c[nH]c2ccccc12. The summed E-state index contributed by atoms with van der Waals surface area (Å²) in [5, 5.41) is 9.98.